The fourth-order valence-electron chi connectivity index (χ4n) is 2.05. The molecule has 0 aliphatic rings. The molecule has 2 aromatic carbocycles. The van der Waals surface area contributed by atoms with Crippen molar-refractivity contribution in [2.75, 3.05) is 0 Å². The Morgan fingerprint density at radius 3 is 2.44 bits per heavy atom. The SMILES string of the molecule is Cc1ccc(-c2ccccc2CC(N)=O)cc1C. The predicted molar refractivity (Wildman–Crippen MR) is 74.3 cm³/mol. The molecule has 0 saturated heterocycles. The van der Waals surface area contributed by atoms with Crippen LogP contribution >= 0.6 is 0 Å². The summed E-state index contributed by atoms with van der Waals surface area (Å²) in [6.07, 6.45) is 0.281. The minimum absolute atomic E-state index is 0.281. The van der Waals surface area contributed by atoms with E-state index in [0.29, 0.717) is 0 Å². The number of primary amides is 1. The Hall–Kier alpha value is -2.09. The van der Waals surface area contributed by atoms with Crippen molar-refractivity contribution in [1.82, 2.24) is 0 Å². The van der Waals surface area contributed by atoms with E-state index in [1.165, 1.54) is 11.1 Å². The van der Waals surface area contributed by atoms with E-state index in [0.717, 1.165) is 16.7 Å². The number of carbonyl (C=O) groups excluding carboxylic acids is 1. The lowest BCUT2D eigenvalue weighted by molar-refractivity contribution is -0.117. The van der Waals surface area contributed by atoms with Gasteiger partial charge in [-0.2, -0.15) is 0 Å². The van der Waals surface area contributed by atoms with Crippen LogP contribution in [-0.2, 0) is 11.2 Å². The van der Waals surface area contributed by atoms with Gasteiger partial charge >= 0.3 is 0 Å². The number of hydrogen-bond acceptors (Lipinski definition) is 1. The van der Waals surface area contributed by atoms with Crippen molar-refractivity contribution in [3.8, 4) is 11.1 Å². The summed E-state index contributed by atoms with van der Waals surface area (Å²) in [5.74, 6) is -0.300. The summed E-state index contributed by atoms with van der Waals surface area (Å²) >= 11 is 0. The maximum atomic E-state index is 11.1. The van der Waals surface area contributed by atoms with Crippen LogP contribution in [0, 0.1) is 13.8 Å². The van der Waals surface area contributed by atoms with Crippen LogP contribution in [0.25, 0.3) is 11.1 Å². The largest absolute Gasteiger partial charge is 0.369 e. The van der Waals surface area contributed by atoms with Gasteiger partial charge in [0.15, 0.2) is 0 Å². The van der Waals surface area contributed by atoms with Crippen LogP contribution in [0.3, 0.4) is 0 Å². The first kappa shape index (κ1) is 12.4. The summed E-state index contributed by atoms with van der Waals surface area (Å²) in [4.78, 5) is 11.1. The molecule has 0 bridgehead atoms. The topological polar surface area (TPSA) is 43.1 Å². The molecule has 92 valence electrons. The third-order valence-electron chi connectivity index (χ3n) is 3.20. The molecule has 2 rings (SSSR count). The minimum atomic E-state index is -0.300. The van der Waals surface area contributed by atoms with Crippen molar-refractivity contribution in [2.24, 2.45) is 5.73 Å². The first-order valence-corrected chi connectivity index (χ1v) is 6.02. The van der Waals surface area contributed by atoms with Crippen LogP contribution in [0.15, 0.2) is 42.5 Å². The average Bonchev–Trinajstić information content (AvgIpc) is 2.33. The van der Waals surface area contributed by atoms with Gasteiger partial charge in [0.05, 0.1) is 6.42 Å². The lowest BCUT2D eigenvalue weighted by atomic mass is 9.95. The number of benzene rings is 2. The molecule has 0 atom stereocenters. The van der Waals surface area contributed by atoms with E-state index in [-0.39, 0.29) is 12.3 Å². The molecule has 18 heavy (non-hydrogen) atoms. The number of aryl methyl sites for hydroxylation is 2. The first-order valence-electron chi connectivity index (χ1n) is 6.02. The summed E-state index contributed by atoms with van der Waals surface area (Å²) in [6.45, 7) is 4.18. The second kappa shape index (κ2) is 5.05. The Morgan fingerprint density at radius 2 is 1.78 bits per heavy atom. The molecule has 2 nitrogen and oxygen atoms in total. The highest BCUT2D eigenvalue weighted by Crippen LogP contribution is 2.25. The summed E-state index contributed by atoms with van der Waals surface area (Å²) in [5.41, 5.74) is 11.0. The Balaban J connectivity index is 2.49. The van der Waals surface area contributed by atoms with Gasteiger partial charge in [0.25, 0.3) is 0 Å². The van der Waals surface area contributed by atoms with Crippen LogP contribution in [0.4, 0.5) is 0 Å². The molecule has 2 aromatic rings. The van der Waals surface area contributed by atoms with Gasteiger partial charge in [-0.3, -0.25) is 4.79 Å². The van der Waals surface area contributed by atoms with Crippen LogP contribution in [0.2, 0.25) is 0 Å². The molecule has 0 spiro atoms. The van der Waals surface area contributed by atoms with E-state index in [2.05, 4.69) is 32.0 Å². The summed E-state index contributed by atoms with van der Waals surface area (Å²) < 4.78 is 0. The Labute approximate surface area is 107 Å². The number of hydrogen-bond donors (Lipinski definition) is 1. The van der Waals surface area contributed by atoms with Crippen LogP contribution in [-0.4, -0.2) is 5.91 Å². The first-order chi connectivity index (χ1) is 8.58. The molecule has 0 heterocycles. The molecule has 0 unspecified atom stereocenters. The molecule has 0 aliphatic heterocycles. The monoisotopic (exact) mass is 239 g/mol. The second-order valence-corrected chi connectivity index (χ2v) is 4.60. The molecule has 2 heteroatoms. The van der Waals surface area contributed by atoms with Crippen LogP contribution < -0.4 is 5.73 Å². The molecule has 2 N–H and O–H groups in total. The zero-order chi connectivity index (χ0) is 13.1. The molecule has 1 amide bonds. The van der Waals surface area contributed by atoms with Crippen molar-refractivity contribution in [3.63, 3.8) is 0 Å². The Morgan fingerprint density at radius 1 is 1.06 bits per heavy atom. The lowest BCUT2D eigenvalue weighted by Crippen LogP contribution is -2.14. The van der Waals surface area contributed by atoms with E-state index < -0.39 is 0 Å². The van der Waals surface area contributed by atoms with Gasteiger partial charge in [-0.15, -0.1) is 0 Å². The maximum absolute atomic E-state index is 11.1. The molecule has 0 saturated carbocycles. The second-order valence-electron chi connectivity index (χ2n) is 4.60. The van der Waals surface area contributed by atoms with E-state index in [4.69, 9.17) is 5.73 Å². The molecular formula is C16H17NO. The number of amides is 1. The highest BCUT2D eigenvalue weighted by Gasteiger charge is 2.07. The van der Waals surface area contributed by atoms with Crippen LogP contribution in [0.5, 0.6) is 0 Å². The molecule has 0 aromatic heterocycles. The van der Waals surface area contributed by atoms with Gasteiger partial charge in [-0.25, -0.2) is 0 Å². The molecule has 0 fully saturated rings. The Bertz CT molecular complexity index is 587. The van der Waals surface area contributed by atoms with E-state index in [1.807, 2.05) is 24.3 Å². The minimum Gasteiger partial charge on any atom is -0.369 e. The number of nitrogens with two attached hydrogens (primary N) is 1. The molecule has 0 radical (unpaired) electrons. The summed E-state index contributed by atoms with van der Waals surface area (Å²) in [6, 6.07) is 14.2. The zero-order valence-corrected chi connectivity index (χ0v) is 10.7. The summed E-state index contributed by atoms with van der Waals surface area (Å²) in [7, 11) is 0. The molecular weight excluding hydrogens is 222 g/mol. The van der Waals surface area contributed by atoms with Gasteiger partial charge < -0.3 is 5.73 Å². The van der Waals surface area contributed by atoms with E-state index in [1.54, 1.807) is 0 Å². The van der Waals surface area contributed by atoms with Crippen molar-refractivity contribution in [1.29, 1.82) is 0 Å². The quantitative estimate of drug-likeness (QED) is 0.879. The third-order valence-corrected chi connectivity index (χ3v) is 3.20. The van der Waals surface area contributed by atoms with Gasteiger partial charge in [-0.05, 0) is 41.7 Å². The standard InChI is InChI=1S/C16H17NO/c1-11-7-8-14(9-12(11)2)15-6-4-3-5-13(15)10-16(17)18/h3-9H,10H2,1-2H3,(H2,17,18). The smallest absolute Gasteiger partial charge is 0.221 e. The van der Waals surface area contributed by atoms with Gasteiger partial charge in [0, 0.05) is 0 Å². The normalized spacial score (nSPS) is 10.3. The number of rotatable bonds is 3. The van der Waals surface area contributed by atoms with Gasteiger partial charge in [0.1, 0.15) is 0 Å². The average molecular weight is 239 g/mol. The van der Waals surface area contributed by atoms with Gasteiger partial charge in [0.2, 0.25) is 5.91 Å². The predicted octanol–water partition coefficient (Wildman–Crippen LogP) is 3.00. The van der Waals surface area contributed by atoms with Crippen molar-refractivity contribution in [3.05, 3.63) is 59.2 Å². The van der Waals surface area contributed by atoms with Crippen molar-refractivity contribution < 1.29 is 4.79 Å². The highest BCUT2D eigenvalue weighted by molar-refractivity contribution is 5.80. The number of carbonyl (C=O) groups is 1. The maximum Gasteiger partial charge on any atom is 0.221 e. The van der Waals surface area contributed by atoms with Crippen molar-refractivity contribution >= 4 is 5.91 Å². The zero-order valence-electron chi connectivity index (χ0n) is 10.7. The van der Waals surface area contributed by atoms with Gasteiger partial charge in [-0.1, -0.05) is 42.5 Å². The fourth-order valence-corrected chi connectivity index (χ4v) is 2.05. The lowest BCUT2D eigenvalue weighted by Gasteiger charge is -2.10. The summed E-state index contributed by atoms with van der Waals surface area (Å²) in [5, 5.41) is 0. The van der Waals surface area contributed by atoms with Crippen LogP contribution in [0.1, 0.15) is 16.7 Å². The third kappa shape index (κ3) is 2.59. The van der Waals surface area contributed by atoms with Crippen molar-refractivity contribution in [2.45, 2.75) is 20.3 Å². The Kier molecular flexibility index (Phi) is 3.47. The van der Waals surface area contributed by atoms with E-state index >= 15 is 0 Å². The fraction of sp³-hybridized carbons (Fsp3) is 0.188. The highest BCUT2D eigenvalue weighted by atomic mass is 16.1. The van der Waals surface area contributed by atoms with E-state index in [9.17, 15) is 4.79 Å². The molecule has 0 aliphatic carbocycles.